The Hall–Kier alpha value is -2.08. The van der Waals surface area contributed by atoms with Crippen LogP contribution in [0.4, 0.5) is 5.82 Å². The Morgan fingerprint density at radius 1 is 1.09 bits per heavy atom. The Bertz CT molecular complexity index is 617. The first-order valence-corrected chi connectivity index (χ1v) is 7.38. The number of nitrogens with zero attached hydrogens (tertiary/aromatic N) is 2. The summed E-state index contributed by atoms with van der Waals surface area (Å²) in [6, 6.07) is 3.74. The Kier molecular flexibility index (Phi) is 5.77. The van der Waals surface area contributed by atoms with E-state index in [9.17, 15) is 0 Å². The van der Waals surface area contributed by atoms with Crippen LogP contribution in [0.15, 0.2) is 18.5 Å². The first-order chi connectivity index (χ1) is 10.7. The van der Waals surface area contributed by atoms with Crippen LogP contribution in [0.3, 0.4) is 0 Å². The standard InChI is InChI=1S/C16H23N3O3/c1-11(2)22-7-5-6-17-16-12-8-14(20-3)15(21-4)9-13(12)18-10-19-16/h8-11H,5-7H2,1-4H3,(H,17,18,19). The Balaban J connectivity index is 2.12. The zero-order valence-corrected chi connectivity index (χ0v) is 13.5. The maximum absolute atomic E-state index is 5.52. The molecule has 0 saturated carbocycles. The minimum Gasteiger partial charge on any atom is -0.493 e. The van der Waals surface area contributed by atoms with Gasteiger partial charge in [-0.2, -0.15) is 0 Å². The largest absolute Gasteiger partial charge is 0.493 e. The van der Waals surface area contributed by atoms with E-state index in [-0.39, 0.29) is 6.10 Å². The molecule has 0 spiro atoms. The van der Waals surface area contributed by atoms with Crippen LogP contribution in [-0.4, -0.2) is 43.4 Å². The van der Waals surface area contributed by atoms with Gasteiger partial charge in [0.25, 0.3) is 0 Å². The molecule has 22 heavy (non-hydrogen) atoms. The van der Waals surface area contributed by atoms with Crippen LogP contribution in [0.5, 0.6) is 11.5 Å². The van der Waals surface area contributed by atoms with Crippen LogP contribution in [0, 0.1) is 0 Å². The van der Waals surface area contributed by atoms with Gasteiger partial charge in [-0.25, -0.2) is 9.97 Å². The van der Waals surface area contributed by atoms with E-state index in [4.69, 9.17) is 14.2 Å². The number of anilines is 1. The van der Waals surface area contributed by atoms with Gasteiger partial charge in [0.15, 0.2) is 11.5 Å². The molecule has 2 rings (SSSR count). The van der Waals surface area contributed by atoms with Gasteiger partial charge in [-0.05, 0) is 26.3 Å². The molecule has 0 aliphatic heterocycles. The number of nitrogens with one attached hydrogen (secondary N) is 1. The SMILES string of the molecule is COc1cc2ncnc(NCCCOC(C)C)c2cc1OC. The zero-order chi connectivity index (χ0) is 15.9. The van der Waals surface area contributed by atoms with E-state index in [0.29, 0.717) is 11.5 Å². The molecule has 0 atom stereocenters. The summed E-state index contributed by atoms with van der Waals surface area (Å²) in [6.07, 6.45) is 2.72. The molecular formula is C16H23N3O3. The molecule has 0 saturated heterocycles. The van der Waals surface area contributed by atoms with Gasteiger partial charge >= 0.3 is 0 Å². The molecule has 120 valence electrons. The number of fused-ring (bicyclic) bond motifs is 1. The fourth-order valence-electron chi connectivity index (χ4n) is 2.12. The topological polar surface area (TPSA) is 65.5 Å². The summed E-state index contributed by atoms with van der Waals surface area (Å²) in [6.45, 7) is 5.58. The third kappa shape index (κ3) is 3.98. The normalized spacial score (nSPS) is 11.0. The van der Waals surface area contributed by atoms with Crippen molar-refractivity contribution in [3.05, 3.63) is 18.5 Å². The van der Waals surface area contributed by atoms with Gasteiger partial charge in [-0.3, -0.25) is 0 Å². The van der Waals surface area contributed by atoms with Gasteiger partial charge in [0.05, 0.1) is 25.8 Å². The highest BCUT2D eigenvalue weighted by molar-refractivity contribution is 5.91. The predicted molar refractivity (Wildman–Crippen MR) is 86.8 cm³/mol. The van der Waals surface area contributed by atoms with Gasteiger partial charge < -0.3 is 19.5 Å². The van der Waals surface area contributed by atoms with Crippen LogP contribution in [-0.2, 0) is 4.74 Å². The smallest absolute Gasteiger partial charge is 0.162 e. The van der Waals surface area contributed by atoms with Gasteiger partial charge in [0.1, 0.15) is 12.1 Å². The van der Waals surface area contributed by atoms with E-state index in [0.717, 1.165) is 36.3 Å². The Labute approximate surface area is 130 Å². The highest BCUT2D eigenvalue weighted by Crippen LogP contribution is 2.33. The summed E-state index contributed by atoms with van der Waals surface area (Å²) in [5.74, 6) is 2.11. The molecule has 0 unspecified atom stereocenters. The average Bonchev–Trinajstić information content (AvgIpc) is 2.53. The lowest BCUT2D eigenvalue weighted by atomic mass is 10.2. The Morgan fingerprint density at radius 3 is 2.50 bits per heavy atom. The lowest BCUT2D eigenvalue weighted by Gasteiger charge is -2.12. The molecule has 1 aromatic heterocycles. The van der Waals surface area contributed by atoms with Gasteiger partial charge in [-0.1, -0.05) is 0 Å². The molecule has 6 heteroatoms. The summed E-state index contributed by atoms with van der Waals surface area (Å²) in [7, 11) is 3.22. The van der Waals surface area contributed by atoms with Crippen molar-refractivity contribution in [2.75, 3.05) is 32.7 Å². The van der Waals surface area contributed by atoms with Crippen molar-refractivity contribution in [3.8, 4) is 11.5 Å². The zero-order valence-electron chi connectivity index (χ0n) is 13.5. The highest BCUT2D eigenvalue weighted by Gasteiger charge is 2.10. The van der Waals surface area contributed by atoms with Crippen molar-refractivity contribution in [2.24, 2.45) is 0 Å². The summed E-state index contributed by atoms with van der Waals surface area (Å²) in [5, 5.41) is 4.23. The van der Waals surface area contributed by atoms with Crippen molar-refractivity contribution < 1.29 is 14.2 Å². The van der Waals surface area contributed by atoms with Crippen molar-refractivity contribution in [1.29, 1.82) is 0 Å². The van der Waals surface area contributed by atoms with Gasteiger partial charge in [0.2, 0.25) is 0 Å². The summed E-state index contributed by atoms with van der Waals surface area (Å²) < 4.78 is 16.2. The highest BCUT2D eigenvalue weighted by atomic mass is 16.5. The van der Waals surface area contributed by atoms with Crippen molar-refractivity contribution in [3.63, 3.8) is 0 Å². The van der Waals surface area contributed by atoms with E-state index in [1.807, 2.05) is 26.0 Å². The molecule has 0 bridgehead atoms. The Morgan fingerprint density at radius 2 is 1.82 bits per heavy atom. The van der Waals surface area contributed by atoms with Crippen LogP contribution < -0.4 is 14.8 Å². The van der Waals surface area contributed by atoms with Crippen LogP contribution in [0.25, 0.3) is 10.9 Å². The van der Waals surface area contributed by atoms with Crippen molar-refractivity contribution in [2.45, 2.75) is 26.4 Å². The molecule has 0 aliphatic carbocycles. The van der Waals surface area contributed by atoms with E-state index < -0.39 is 0 Å². The molecule has 6 nitrogen and oxygen atoms in total. The number of rotatable bonds is 8. The minimum atomic E-state index is 0.261. The van der Waals surface area contributed by atoms with Crippen molar-refractivity contribution in [1.82, 2.24) is 9.97 Å². The number of ether oxygens (including phenoxy) is 3. The van der Waals surface area contributed by atoms with E-state index in [1.54, 1.807) is 20.5 Å². The quantitative estimate of drug-likeness (QED) is 0.757. The molecule has 0 amide bonds. The number of hydrogen-bond donors (Lipinski definition) is 1. The van der Waals surface area contributed by atoms with Crippen LogP contribution >= 0.6 is 0 Å². The van der Waals surface area contributed by atoms with Crippen LogP contribution in [0.1, 0.15) is 20.3 Å². The lowest BCUT2D eigenvalue weighted by Crippen LogP contribution is -2.10. The second kappa shape index (κ2) is 7.79. The summed E-state index contributed by atoms with van der Waals surface area (Å²) in [5.41, 5.74) is 0.814. The second-order valence-electron chi connectivity index (χ2n) is 5.15. The predicted octanol–water partition coefficient (Wildman–Crippen LogP) is 2.87. The third-order valence-electron chi connectivity index (χ3n) is 3.21. The molecule has 2 aromatic rings. The molecule has 1 aromatic carbocycles. The maximum Gasteiger partial charge on any atom is 0.162 e. The molecule has 1 N–H and O–H groups in total. The molecular weight excluding hydrogens is 282 g/mol. The minimum absolute atomic E-state index is 0.261. The van der Waals surface area contributed by atoms with E-state index in [2.05, 4.69) is 15.3 Å². The van der Waals surface area contributed by atoms with Crippen LogP contribution in [0.2, 0.25) is 0 Å². The first kappa shape index (κ1) is 16.3. The third-order valence-corrected chi connectivity index (χ3v) is 3.21. The maximum atomic E-state index is 5.52. The monoisotopic (exact) mass is 305 g/mol. The summed E-state index contributed by atoms with van der Waals surface area (Å²) >= 11 is 0. The molecule has 0 aliphatic rings. The van der Waals surface area contributed by atoms with E-state index in [1.165, 1.54) is 0 Å². The number of methoxy groups -OCH3 is 2. The molecule has 0 radical (unpaired) electrons. The van der Waals surface area contributed by atoms with Gasteiger partial charge in [-0.15, -0.1) is 0 Å². The second-order valence-corrected chi connectivity index (χ2v) is 5.15. The summed E-state index contributed by atoms with van der Waals surface area (Å²) in [4.78, 5) is 8.59. The first-order valence-electron chi connectivity index (χ1n) is 7.38. The lowest BCUT2D eigenvalue weighted by molar-refractivity contribution is 0.0787. The fourth-order valence-corrected chi connectivity index (χ4v) is 2.12. The number of aromatic nitrogens is 2. The van der Waals surface area contributed by atoms with Crippen molar-refractivity contribution >= 4 is 16.7 Å². The number of hydrogen-bond acceptors (Lipinski definition) is 6. The van der Waals surface area contributed by atoms with Gasteiger partial charge in [0, 0.05) is 24.6 Å². The number of benzene rings is 1. The average molecular weight is 305 g/mol. The molecule has 0 fully saturated rings. The van der Waals surface area contributed by atoms with E-state index >= 15 is 0 Å². The fraction of sp³-hybridized carbons (Fsp3) is 0.500. The molecule has 1 heterocycles.